The van der Waals surface area contributed by atoms with E-state index in [1.165, 1.54) is 34.8 Å². The Morgan fingerprint density at radius 2 is 1.92 bits per heavy atom. The molecular weight excluding hydrogens is 393 g/mol. The van der Waals surface area contributed by atoms with Gasteiger partial charge < -0.3 is 0 Å². The van der Waals surface area contributed by atoms with Crippen molar-refractivity contribution in [2.24, 2.45) is 0 Å². The van der Waals surface area contributed by atoms with Crippen LogP contribution in [0, 0.1) is 5.82 Å². The molecule has 0 saturated heterocycles. The molecule has 0 bridgehead atoms. The fraction of sp³-hybridized carbons (Fsp3) is 0. The van der Waals surface area contributed by atoms with Gasteiger partial charge in [-0.15, -0.1) is 16.4 Å². The zero-order chi connectivity index (χ0) is 17.7. The van der Waals surface area contributed by atoms with E-state index in [1.807, 2.05) is 23.6 Å². The van der Waals surface area contributed by atoms with Gasteiger partial charge in [-0.2, -0.15) is 4.98 Å². The fourth-order valence-electron chi connectivity index (χ4n) is 2.60. The second-order valence-corrected chi connectivity index (χ2v) is 7.82. The van der Waals surface area contributed by atoms with Crippen molar-refractivity contribution >= 4 is 60.5 Å². The summed E-state index contributed by atoms with van der Waals surface area (Å²) in [5.74, 6) is 0.197. The first-order valence-corrected chi connectivity index (χ1v) is 9.66. The molecule has 3 heterocycles. The highest BCUT2D eigenvalue weighted by molar-refractivity contribution is 7.22. The molecule has 0 saturated carbocycles. The highest BCUT2D eigenvalue weighted by Crippen LogP contribution is 2.31. The molecule has 9 heteroatoms. The molecule has 1 N–H and O–H groups in total. The van der Waals surface area contributed by atoms with E-state index in [9.17, 15) is 4.39 Å². The molecule has 128 valence electrons. The maximum Gasteiger partial charge on any atom is 0.250 e. The van der Waals surface area contributed by atoms with Gasteiger partial charge in [0.2, 0.25) is 10.9 Å². The van der Waals surface area contributed by atoms with E-state index < -0.39 is 0 Å². The SMILES string of the molecule is Fc1ccc(-c2csc3nc(Nc4nc5ccc(Cl)cc5s4)nn23)cc1. The third kappa shape index (κ3) is 2.72. The summed E-state index contributed by atoms with van der Waals surface area (Å²) in [5.41, 5.74) is 2.61. The average Bonchev–Trinajstić information content (AvgIpc) is 3.29. The lowest BCUT2D eigenvalue weighted by atomic mass is 10.2. The monoisotopic (exact) mass is 401 g/mol. The third-order valence-corrected chi connectivity index (χ3v) is 5.78. The van der Waals surface area contributed by atoms with Gasteiger partial charge in [0.1, 0.15) is 5.82 Å². The minimum absolute atomic E-state index is 0.267. The smallest absolute Gasteiger partial charge is 0.250 e. The molecule has 0 fully saturated rings. The summed E-state index contributed by atoms with van der Waals surface area (Å²) < 4.78 is 15.9. The number of benzene rings is 2. The van der Waals surface area contributed by atoms with Gasteiger partial charge in [0.15, 0.2) is 5.13 Å². The zero-order valence-corrected chi connectivity index (χ0v) is 15.4. The number of aromatic nitrogens is 4. The second-order valence-electron chi connectivity index (χ2n) is 5.51. The van der Waals surface area contributed by atoms with Crippen LogP contribution in [0.5, 0.6) is 0 Å². The number of hydrogen-bond acceptors (Lipinski definition) is 6. The number of halogens is 2. The minimum atomic E-state index is -0.267. The maximum atomic E-state index is 13.1. The molecule has 0 amide bonds. The molecule has 5 nitrogen and oxygen atoms in total. The summed E-state index contributed by atoms with van der Waals surface area (Å²) in [6.07, 6.45) is 0. The van der Waals surface area contributed by atoms with Crippen LogP contribution in [0.4, 0.5) is 15.5 Å². The van der Waals surface area contributed by atoms with Gasteiger partial charge in [-0.1, -0.05) is 22.9 Å². The Hall–Kier alpha value is -2.55. The van der Waals surface area contributed by atoms with Gasteiger partial charge in [-0.05, 0) is 42.5 Å². The highest BCUT2D eigenvalue weighted by Gasteiger charge is 2.13. The summed E-state index contributed by atoms with van der Waals surface area (Å²) in [6.45, 7) is 0. The standard InChI is InChI=1S/C17H9ClFN5S2/c18-10-3-6-12-14(7-10)26-16(20-12)21-15-22-17-24(23-15)13(8-25-17)9-1-4-11(19)5-2-9/h1-8H,(H,20,21,23). The summed E-state index contributed by atoms with van der Waals surface area (Å²) >= 11 is 8.98. The topological polar surface area (TPSA) is 55.1 Å². The van der Waals surface area contributed by atoms with Crippen LogP contribution in [0.15, 0.2) is 47.8 Å². The Kier molecular flexibility index (Phi) is 3.63. The van der Waals surface area contributed by atoms with Gasteiger partial charge in [0.25, 0.3) is 0 Å². The molecule has 5 rings (SSSR count). The molecule has 5 aromatic rings. The van der Waals surface area contributed by atoms with Gasteiger partial charge >= 0.3 is 0 Å². The van der Waals surface area contributed by atoms with Gasteiger partial charge in [-0.25, -0.2) is 13.9 Å². The molecule has 26 heavy (non-hydrogen) atoms. The van der Waals surface area contributed by atoms with Crippen LogP contribution < -0.4 is 5.32 Å². The van der Waals surface area contributed by atoms with Crippen LogP contribution in [-0.4, -0.2) is 19.6 Å². The lowest BCUT2D eigenvalue weighted by Gasteiger charge is -1.98. The Morgan fingerprint density at radius 1 is 1.08 bits per heavy atom. The first-order chi connectivity index (χ1) is 12.7. The Bertz CT molecular complexity index is 1240. The van der Waals surface area contributed by atoms with Crippen molar-refractivity contribution in [2.45, 2.75) is 0 Å². The number of thiazole rings is 2. The Labute approximate surface area is 159 Å². The summed E-state index contributed by atoms with van der Waals surface area (Å²) in [6, 6.07) is 11.9. The molecule has 3 aromatic heterocycles. The highest BCUT2D eigenvalue weighted by atomic mass is 35.5. The van der Waals surface area contributed by atoms with E-state index in [1.54, 1.807) is 16.6 Å². The summed E-state index contributed by atoms with van der Waals surface area (Å²) in [5, 5.41) is 11.0. The van der Waals surface area contributed by atoms with Crippen molar-refractivity contribution in [3.8, 4) is 11.3 Å². The lowest BCUT2D eigenvalue weighted by molar-refractivity contribution is 0.628. The van der Waals surface area contributed by atoms with Crippen LogP contribution >= 0.6 is 34.3 Å². The predicted molar refractivity (Wildman–Crippen MR) is 104 cm³/mol. The Balaban J connectivity index is 1.50. The van der Waals surface area contributed by atoms with Gasteiger partial charge in [-0.3, -0.25) is 5.32 Å². The van der Waals surface area contributed by atoms with Crippen molar-refractivity contribution in [2.75, 3.05) is 5.32 Å². The Morgan fingerprint density at radius 3 is 2.77 bits per heavy atom. The molecule has 2 aromatic carbocycles. The van der Waals surface area contributed by atoms with E-state index in [2.05, 4.69) is 20.4 Å². The van der Waals surface area contributed by atoms with E-state index in [-0.39, 0.29) is 5.82 Å². The van der Waals surface area contributed by atoms with E-state index in [0.29, 0.717) is 16.1 Å². The van der Waals surface area contributed by atoms with Crippen LogP contribution in [0.25, 0.3) is 26.4 Å². The second kappa shape index (κ2) is 6.01. The van der Waals surface area contributed by atoms with Crippen LogP contribution in [0.3, 0.4) is 0 Å². The average molecular weight is 402 g/mol. The molecule has 0 unspecified atom stereocenters. The van der Waals surface area contributed by atoms with Crippen molar-refractivity contribution < 1.29 is 4.39 Å². The van der Waals surface area contributed by atoms with Crippen LogP contribution in [0.2, 0.25) is 5.02 Å². The van der Waals surface area contributed by atoms with Crippen LogP contribution in [-0.2, 0) is 0 Å². The molecule has 0 radical (unpaired) electrons. The molecule has 0 spiro atoms. The molecule has 0 aliphatic carbocycles. The van der Waals surface area contributed by atoms with Crippen molar-refractivity contribution in [3.05, 3.63) is 58.7 Å². The number of nitrogens with zero attached hydrogens (tertiary/aromatic N) is 4. The quantitative estimate of drug-likeness (QED) is 0.427. The number of hydrogen-bond donors (Lipinski definition) is 1. The normalized spacial score (nSPS) is 11.5. The predicted octanol–water partition coefficient (Wildman–Crippen LogP) is 5.60. The zero-order valence-electron chi connectivity index (χ0n) is 13.0. The number of nitrogens with one attached hydrogen (secondary N) is 1. The van der Waals surface area contributed by atoms with E-state index in [0.717, 1.165) is 26.4 Å². The maximum absolute atomic E-state index is 13.1. The molecule has 0 atom stereocenters. The van der Waals surface area contributed by atoms with Crippen LogP contribution in [0.1, 0.15) is 0 Å². The number of fused-ring (bicyclic) bond motifs is 2. The van der Waals surface area contributed by atoms with Crippen molar-refractivity contribution in [1.29, 1.82) is 0 Å². The number of rotatable bonds is 3. The number of anilines is 2. The third-order valence-electron chi connectivity index (χ3n) is 3.79. The largest absolute Gasteiger partial charge is 0.299 e. The molecule has 0 aliphatic heterocycles. The van der Waals surface area contributed by atoms with E-state index >= 15 is 0 Å². The first-order valence-electron chi connectivity index (χ1n) is 7.59. The fourth-order valence-corrected chi connectivity index (χ4v) is 4.57. The van der Waals surface area contributed by atoms with Crippen molar-refractivity contribution in [1.82, 2.24) is 19.6 Å². The molecular formula is C17H9ClFN5S2. The van der Waals surface area contributed by atoms with E-state index in [4.69, 9.17) is 11.6 Å². The summed E-state index contributed by atoms with van der Waals surface area (Å²) in [4.78, 5) is 9.75. The summed E-state index contributed by atoms with van der Waals surface area (Å²) in [7, 11) is 0. The first kappa shape index (κ1) is 15.7. The van der Waals surface area contributed by atoms with Gasteiger partial charge in [0.05, 0.1) is 15.9 Å². The minimum Gasteiger partial charge on any atom is -0.299 e. The van der Waals surface area contributed by atoms with Crippen molar-refractivity contribution in [3.63, 3.8) is 0 Å². The molecule has 0 aliphatic rings. The lowest BCUT2D eigenvalue weighted by Crippen LogP contribution is -1.93. The van der Waals surface area contributed by atoms with Gasteiger partial charge in [0, 0.05) is 16.0 Å².